The second-order valence-corrected chi connectivity index (χ2v) is 7.06. The number of thioether (sulfide) groups is 1. The monoisotopic (exact) mass is 357 g/mol. The van der Waals surface area contributed by atoms with Gasteiger partial charge in [0.05, 0.1) is 5.92 Å². The number of benzene rings is 1. The molecule has 0 amide bonds. The maximum atomic E-state index is 12.2. The third-order valence-corrected chi connectivity index (χ3v) is 4.85. The molecule has 6 heteroatoms. The van der Waals surface area contributed by atoms with Gasteiger partial charge in [0.1, 0.15) is 11.6 Å². The van der Waals surface area contributed by atoms with Crippen molar-refractivity contribution in [3.63, 3.8) is 0 Å². The molecule has 2 aromatic rings. The lowest BCUT2D eigenvalue weighted by Gasteiger charge is -2.19. The summed E-state index contributed by atoms with van der Waals surface area (Å²) in [5.41, 5.74) is 1.81. The highest BCUT2D eigenvalue weighted by atomic mass is 32.2. The Hall–Kier alpha value is -2.08. The van der Waals surface area contributed by atoms with Gasteiger partial charge < -0.3 is 10.1 Å². The highest BCUT2D eigenvalue weighted by molar-refractivity contribution is 7.98. The molecule has 1 aliphatic carbocycles. The van der Waals surface area contributed by atoms with E-state index in [1.165, 1.54) is 18.2 Å². The van der Waals surface area contributed by atoms with Crippen LogP contribution in [0.1, 0.15) is 37.8 Å². The minimum Gasteiger partial charge on any atom is -0.426 e. The zero-order chi connectivity index (χ0) is 17.6. The fourth-order valence-corrected chi connectivity index (χ4v) is 3.41. The van der Waals surface area contributed by atoms with Gasteiger partial charge in [0.2, 0.25) is 0 Å². The van der Waals surface area contributed by atoms with Crippen molar-refractivity contribution in [2.24, 2.45) is 5.92 Å². The maximum absolute atomic E-state index is 12.2. The molecule has 3 rings (SSSR count). The van der Waals surface area contributed by atoms with Crippen LogP contribution in [0, 0.1) is 12.8 Å². The maximum Gasteiger partial charge on any atom is 0.314 e. The predicted molar refractivity (Wildman–Crippen MR) is 100 cm³/mol. The number of carbonyl (C=O) groups is 1. The van der Waals surface area contributed by atoms with Crippen LogP contribution in [0.15, 0.2) is 35.5 Å². The van der Waals surface area contributed by atoms with Gasteiger partial charge in [0.25, 0.3) is 0 Å². The summed E-state index contributed by atoms with van der Waals surface area (Å²) in [5.74, 6) is 1.30. The smallest absolute Gasteiger partial charge is 0.314 e. The van der Waals surface area contributed by atoms with E-state index in [1.807, 2.05) is 43.5 Å². The summed E-state index contributed by atoms with van der Waals surface area (Å²) in [6.07, 6.45) is 7.32. The largest absolute Gasteiger partial charge is 0.426 e. The van der Waals surface area contributed by atoms with E-state index in [4.69, 9.17) is 4.74 Å². The van der Waals surface area contributed by atoms with Crippen LogP contribution in [-0.2, 0) is 4.79 Å². The Morgan fingerprint density at radius 1 is 1.16 bits per heavy atom. The van der Waals surface area contributed by atoms with Crippen molar-refractivity contribution in [2.45, 2.75) is 44.2 Å². The Morgan fingerprint density at radius 3 is 2.56 bits per heavy atom. The molecule has 1 fully saturated rings. The van der Waals surface area contributed by atoms with Crippen LogP contribution in [-0.4, -0.2) is 22.2 Å². The number of hydrogen-bond acceptors (Lipinski definition) is 6. The Labute approximate surface area is 152 Å². The van der Waals surface area contributed by atoms with Crippen molar-refractivity contribution < 1.29 is 9.53 Å². The zero-order valence-electron chi connectivity index (χ0n) is 14.6. The van der Waals surface area contributed by atoms with E-state index in [1.54, 1.807) is 0 Å². The average molecular weight is 357 g/mol. The Morgan fingerprint density at radius 2 is 1.88 bits per heavy atom. The normalized spacial score (nSPS) is 15.0. The number of aryl methyl sites for hydroxylation is 1. The number of ether oxygens (including phenoxy) is 1. The third kappa shape index (κ3) is 4.95. The zero-order valence-corrected chi connectivity index (χ0v) is 15.4. The van der Waals surface area contributed by atoms with Gasteiger partial charge in [-0.3, -0.25) is 4.79 Å². The highest BCUT2D eigenvalue weighted by Crippen LogP contribution is 2.26. The molecule has 0 atom stereocenters. The minimum atomic E-state index is -0.101. The molecule has 0 spiro atoms. The number of aromatic nitrogens is 2. The molecule has 0 unspecified atom stereocenters. The highest BCUT2D eigenvalue weighted by Gasteiger charge is 2.22. The first-order chi connectivity index (χ1) is 12.1. The van der Waals surface area contributed by atoms with Gasteiger partial charge in [-0.15, -0.1) is 0 Å². The molecule has 1 aromatic heterocycles. The second-order valence-electron chi connectivity index (χ2n) is 6.29. The summed E-state index contributed by atoms with van der Waals surface area (Å²) in [6.45, 7) is 1.94. The summed E-state index contributed by atoms with van der Waals surface area (Å²) >= 11 is 1.51. The second kappa shape index (κ2) is 8.34. The van der Waals surface area contributed by atoms with E-state index in [0.717, 1.165) is 48.0 Å². The summed E-state index contributed by atoms with van der Waals surface area (Å²) in [6, 6.07) is 9.30. The summed E-state index contributed by atoms with van der Waals surface area (Å²) < 4.78 is 5.52. The van der Waals surface area contributed by atoms with E-state index in [0.29, 0.717) is 5.75 Å². The van der Waals surface area contributed by atoms with Crippen LogP contribution in [0.5, 0.6) is 5.75 Å². The number of nitrogens with one attached hydrogen (secondary N) is 1. The number of esters is 1. The van der Waals surface area contributed by atoms with Gasteiger partial charge in [-0.25, -0.2) is 9.97 Å². The van der Waals surface area contributed by atoms with E-state index < -0.39 is 0 Å². The van der Waals surface area contributed by atoms with Gasteiger partial charge in [-0.2, -0.15) is 0 Å². The van der Waals surface area contributed by atoms with Crippen LogP contribution >= 0.6 is 11.8 Å². The fraction of sp³-hybridized carbons (Fsp3) is 0.421. The molecule has 1 saturated carbocycles. The molecule has 0 saturated heterocycles. The van der Waals surface area contributed by atoms with Crippen LogP contribution in [0.3, 0.4) is 0 Å². The number of carbonyl (C=O) groups excluding carboxylic acids is 1. The topological polar surface area (TPSA) is 64.1 Å². The lowest BCUT2D eigenvalue weighted by atomic mass is 9.89. The fourth-order valence-electron chi connectivity index (χ4n) is 2.99. The van der Waals surface area contributed by atoms with Gasteiger partial charge in [0, 0.05) is 17.4 Å². The van der Waals surface area contributed by atoms with Gasteiger partial charge in [-0.1, -0.05) is 31.0 Å². The van der Waals surface area contributed by atoms with E-state index in [2.05, 4.69) is 15.3 Å². The minimum absolute atomic E-state index is 0.0560. The van der Waals surface area contributed by atoms with Gasteiger partial charge in [0.15, 0.2) is 5.16 Å². The van der Waals surface area contributed by atoms with E-state index >= 15 is 0 Å². The third-order valence-electron chi connectivity index (χ3n) is 4.30. The predicted octanol–water partition coefficient (Wildman–Crippen LogP) is 4.74. The van der Waals surface area contributed by atoms with E-state index in [9.17, 15) is 4.79 Å². The van der Waals surface area contributed by atoms with Crippen molar-refractivity contribution in [2.75, 3.05) is 11.6 Å². The molecule has 1 aromatic carbocycles. The van der Waals surface area contributed by atoms with Crippen LogP contribution < -0.4 is 10.1 Å². The van der Waals surface area contributed by atoms with Gasteiger partial charge in [-0.05, 0) is 50.3 Å². The molecule has 0 bridgehead atoms. The summed E-state index contributed by atoms with van der Waals surface area (Å²) in [5, 5.41) is 4.00. The van der Waals surface area contributed by atoms with Crippen molar-refractivity contribution in [3.8, 4) is 5.75 Å². The molecule has 1 aliphatic rings. The summed E-state index contributed by atoms with van der Waals surface area (Å²) in [4.78, 5) is 21.0. The molecule has 0 aliphatic heterocycles. The lowest BCUT2D eigenvalue weighted by Crippen LogP contribution is -2.22. The molecule has 1 N–H and O–H groups in total. The van der Waals surface area contributed by atoms with Crippen molar-refractivity contribution in [3.05, 3.63) is 36.0 Å². The van der Waals surface area contributed by atoms with Crippen molar-refractivity contribution in [1.82, 2.24) is 9.97 Å². The molecule has 25 heavy (non-hydrogen) atoms. The van der Waals surface area contributed by atoms with Crippen molar-refractivity contribution in [1.29, 1.82) is 0 Å². The van der Waals surface area contributed by atoms with Crippen LogP contribution in [0.2, 0.25) is 0 Å². The molecule has 5 nitrogen and oxygen atoms in total. The molecule has 0 radical (unpaired) electrons. The number of nitrogens with zero attached hydrogens (tertiary/aromatic N) is 2. The quantitative estimate of drug-likeness (QED) is 0.361. The average Bonchev–Trinajstić information content (AvgIpc) is 2.63. The number of rotatable bonds is 5. The van der Waals surface area contributed by atoms with Crippen LogP contribution in [0.4, 0.5) is 11.5 Å². The Bertz CT molecular complexity index is 728. The first-order valence-corrected chi connectivity index (χ1v) is 9.85. The first kappa shape index (κ1) is 17.7. The number of hydrogen-bond donors (Lipinski definition) is 1. The summed E-state index contributed by atoms with van der Waals surface area (Å²) in [7, 11) is 0. The lowest BCUT2D eigenvalue weighted by molar-refractivity contribution is -0.139. The molecule has 1 heterocycles. The Balaban J connectivity index is 1.62. The molecular weight excluding hydrogens is 334 g/mol. The van der Waals surface area contributed by atoms with E-state index in [-0.39, 0.29) is 11.9 Å². The number of anilines is 2. The molecule has 132 valence electrons. The molecular formula is C19H23N3O2S. The SMILES string of the molecule is CSc1nc(C)cc(Nc2ccc(OC(=O)C3CCCCC3)cc2)n1. The van der Waals surface area contributed by atoms with Gasteiger partial charge >= 0.3 is 5.97 Å². The van der Waals surface area contributed by atoms with Crippen molar-refractivity contribution >= 4 is 29.2 Å². The van der Waals surface area contributed by atoms with Crippen LogP contribution in [0.25, 0.3) is 0 Å². The first-order valence-electron chi connectivity index (χ1n) is 8.62. The Kier molecular flexibility index (Phi) is 5.91. The standard InChI is InChI=1S/C19H23N3O2S/c1-13-12-17(22-19(20-13)25-2)21-15-8-10-16(11-9-15)24-18(23)14-6-4-3-5-7-14/h8-12,14H,3-7H2,1-2H3,(H,20,21,22).